The Balaban J connectivity index is 1.36. The minimum absolute atomic E-state index is 0.205. The average Bonchev–Trinajstić information content (AvgIpc) is 2.98. The van der Waals surface area contributed by atoms with Crippen LogP contribution in [0.5, 0.6) is 5.75 Å². The number of ether oxygens (including phenoxy) is 1. The van der Waals surface area contributed by atoms with Gasteiger partial charge in [-0.3, -0.25) is 19.6 Å². The molecule has 5 rings (SSSR count). The lowest BCUT2D eigenvalue weighted by Crippen LogP contribution is -2.57. The summed E-state index contributed by atoms with van der Waals surface area (Å²) in [6.07, 6.45) is 4.63. The van der Waals surface area contributed by atoms with Gasteiger partial charge in [-0.2, -0.15) is 5.10 Å². The summed E-state index contributed by atoms with van der Waals surface area (Å²) in [5.74, 6) is 0.552. The Morgan fingerprint density at radius 1 is 1.24 bits per heavy atom. The lowest BCUT2D eigenvalue weighted by Gasteiger charge is -2.49. The highest BCUT2D eigenvalue weighted by Crippen LogP contribution is 2.43. The molecule has 1 unspecified atom stereocenters. The molecule has 1 aromatic carbocycles. The molecular weight excluding hydrogens is 368 g/mol. The van der Waals surface area contributed by atoms with E-state index < -0.39 is 0 Å². The van der Waals surface area contributed by atoms with E-state index in [4.69, 9.17) is 4.74 Å². The zero-order valence-corrected chi connectivity index (χ0v) is 17.0. The highest BCUT2D eigenvalue weighted by molar-refractivity contribution is 6.02. The van der Waals surface area contributed by atoms with Crippen LogP contribution in [-0.2, 0) is 16.6 Å². The van der Waals surface area contributed by atoms with Crippen molar-refractivity contribution in [2.75, 3.05) is 13.1 Å². The molecule has 3 aliphatic rings. The molecule has 1 aliphatic carbocycles. The number of hydrogen-bond donors (Lipinski definition) is 2. The van der Waals surface area contributed by atoms with Crippen LogP contribution >= 0.6 is 0 Å². The fourth-order valence-corrected chi connectivity index (χ4v) is 5.35. The highest BCUT2D eigenvalue weighted by atomic mass is 16.5. The van der Waals surface area contributed by atoms with E-state index in [-0.39, 0.29) is 23.8 Å². The number of fused-ring (bicyclic) bond motifs is 1. The van der Waals surface area contributed by atoms with E-state index in [0.29, 0.717) is 24.2 Å². The summed E-state index contributed by atoms with van der Waals surface area (Å²) < 4.78 is 8.20. The zero-order chi connectivity index (χ0) is 20.2. The number of benzene rings is 1. The van der Waals surface area contributed by atoms with Crippen LogP contribution in [0.1, 0.15) is 50.6 Å². The predicted octanol–water partition coefficient (Wildman–Crippen LogP) is 2.25. The fraction of sp³-hybridized carbons (Fsp3) is 0.591. The molecule has 154 valence electrons. The van der Waals surface area contributed by atoms with E-state index in [1.165, 1.54) is 12.8 Å². The molecule has 1 saturated carbocycles. The van der Waals surface area contributed by atoms with Crippen LogP contribution in [0.25, 0.3) is 10.9 Å². The molecule has 1 spiro atoms. The van der Waals surface area contributed by atoms with E-state index in [1.54, 1.807) is 4.68 Å². The smallest absolute Gasteiger partial charge is 0.235 e. The van der Waals surface area contributed by atoms with Gasteiger partial charge in [0.05, 0.1) is 17.1 Å². The summed E-state index contributed by atoms with van der Waals surface area (Å²) in [6, 6.07) is 6.02. The van der Waals surface area contributed by atoms with Gasteiger partial charge in [0, 0.05) is 38.0 Å². The molecule has 7 heteroatoms. The Bertz CT molecular complexity index is 978. The van der Waals surface area contributed by atoms with Crippen molar-refractivity contribution in [1.82, 2.24) is 20.4 Å². The van der Waals surface area contributed by atoms with Crippen LogP contribution in [0.2, 0.25) is 0 Å². The Labute approximate surface area is 170 Å². The highest BCUT2D eigenvalue weighted by Gasteiger charge is 2.44. The molecule has 0 radical (unpaired) electrons. The standard InChI is InChI=1S/C22H28N4O3/c1-13-10-22(11-23-12-22)8-7-18(13)29-14-3-4-15-17(9-14)26(2)25-20(15)16-5-6-19(27)24-21(16)28/h3-4,9,13,16,18,23H,5-8,10-12H2,1-2H3,(H,24,27,28)/t13-,16?,18-/m0/s1. The minimum atomic E-state index is -0.381. The van der Waals surface area contributed by atoms with Gasteiger partial charge in [0.2, 0.25) is 11.8 Å². The lowest BCUT2D eigenvalue weighted by molar-refractivity contribution is -0.134. The van der Waals surface area contributed by atoms with E-state index in [1.807, 2.05) is 25.2 Å². The van der Waals surface area contributed by atoms with Crippen LogP contribution in [0.4, 0.5) is 0 Å². The average molecular weight is 396 g/mol. The summed E-state index contributed by atoms with van der Waals surface area (Å²) in [5.41, 5.74) is 2.19. The predicted molar refractivity (Wildman–Crippen MR) is 109 cm³/mol. The quantitative estimate of drug-likeness (QED) is 0.778. The number of rotatable bonds is 3. The second-order valence-electron chi connectivity index (χ2n) is 9.17. The first-order chi connectivity index (χ1) is 13.9. The summed E-state index contributed by atoms with van der Waals surface area (Å²) >= 11 is 0. The zero-order valence-electron chi connectivity index (χ0n) is 17.0. The van der Waals surface area contributed by atoms with E-state index in [2.05, 4.69) is 22.7 Å². The molecule has 7 nitrogen and oxygen atoms in total. The molecule has 2 aliphatic heterocycles. The maximum atomic E-state index is 12.3. The first-order valence-corrected chi connectivity index (χ1v) is 10.6. The molecule has 29 heavy (non-hydrogen) atoms. The Morgan fingerprint density at radius 3 is 2.76 bits per heavy atom. The maximum absolute atomic E-state index is 12.3. The van der Waals surface area contributed by atoms with Crippen LogP contribution < -0.4 is 15.4 Å². The summed E-state index contributed by atoms with van der Waals surface area (Å²) in [7, 11) is 1.89. The van der Waals surface area contributed by atoms with Gasteiger partial charge in [-0.15, -0.1) is 0 Å². The third-order valence-electron chi connectivity index (χ3n) is 7.06. The third kappa shape index (κ3) is 3.21. The number of amides is 2. The summed E-state index contributed by atoms with van der Waals surface area (Å²) in [5, 5.41) is 11.4. The van der Waals surface area contributed by atoms with Crippen molar-refractivity contribution >= 4 is 22.7 Å². The van der Waals surface area contributed by atoms with Crippen molar-refractivity contribution in [2.24, 2.45) is 18.4 Å². The second kappa shape index (κ2) is 6.83. The van der Waals surface area contributed by atoms with Gasteiger partial charge in [0.1, 0.15) is 11.9 Å². The first kappa shape index (κ1) is 18.6. The van der Waals surface area contributed by atoms with Crippen molar-refractivity contribution in [3.05, 3.63) is 23.9 Å². The van der Waals surface area contributed by atoms with Gasteiger partial charge in [-0.05, 0) is 49.1 Å². The van der Waals surface area contributed by atoms with Gasteiger partial charge < -0.3 is 10.1 Å². The van der Waals surface area contributed by atoms with Gasteiger partial charge in [0.25, 0.3) is 0 Å². The summed E-state index contributed by atoms with van der Waals surface area (Å²) in [6.45, 7) is 4.59. The fourth-order valence-electron chi connectivity index (χ4n) is 5.35. The Hall–Kier alpha value is -2.41. The monoisotopic (exact) mass is 396 g/mol. The SMILES string of the molecule is C[C@H]1CC2(CC[C@@H]1Oc1ccc3c(C4CCC(=O)NC4=O)nn(C)c3c1)CNC2. The van der Waals surface area contributed by atoms with Crippen molar-refractivity contribution in [3.63, 3.8) is 0 Å². The van der Waals surface area contributed by atoms with E-state index >= 15 is 0 Å². The number of imide groups is 1. The molecule has 3 atom stereocenters. The lowest BCUT2D eigenvalue weighted by atomic mass is 9.65. The van der Waals surface area contributed by atoms with Gasteiger partial charge in [0.15, 0.2) is 0 Å². The number of aromatic nitrogens is 2. The number of piperidine rings is 1. The van der Waals surface area contributed by atoms with Gasteiger partial charge in [-0.25, -0.2) is 0 Å². The van der Waals surface area contributed by atoms with Crippen LogP contribution in [-0.4, -0.2) is 40.8 Å². The maximum Gasteiger partial charge on any atom is 0.235 e. The number of nitrogens with zero attached hydrogens (tertiary/aromatic N) is 2. The molecule has 1 aromatic heterocycles. The topological polar surface area (TPSA) is 85.2 Å². The molecule has 2 N–H and O–H groups in total. The number of carbonyl (C=O) groups excluding carboxylic acids is 2. The number of hydrogen-bond acceptors (Lipinski definition) is 5. The molecule has 2 aromatic rings. The van der Waals surface area contributed by atoms with Crippen molar-refractivity contribution < 1.29 is 14.3 Å². The normalized spacial score (nSPS) is 29.0. The number of aryl methyl sites for hydroxylation is 1. The molecule has 2 saturated heterocycles. The van der Waals surface area contributed by atoms with Crippen molar-refractivity contribution in [1.29, 1.82) is 0 Å². The second-order valence-corrected chi connectivity index (χ2v) is 9.17. The molecule has 3 heterocycles. The van der Waals surface area contributed by atoms with Crippen LogP contribution in [0, 0.1) is 11.3 Å². The molecule has 3 fully saturated rings. The Morgan fingerprint density at radius 2 is 2.07 bits per heavy atom. The van der Waals surface area contributed by atoms with E-state index in [9.17, 15) is 9.59 Å². The number of carbonyl (C=O) groups is 2. The van der Waals surface area contributed by atoms with E-state index in [0.717, 1.165) is 41.9 Å². The largest absolute Gasteiger partial charge is 0.490 e. The summed E-state index contributed by atoms with van der Waals surface area (Å²) in [4.78, 5) is 23.8. The number of nitrogens with one attached hydrogen (secondary N) is 2. The van der Waals surface area contributed by atoms with Crippen molar-refractivity contribution in [3.8, 4) is 5.75 Å². The molecule has 2 amide bonds. The molecule has 0 bridgehead atoms. The van der Waals surface area contributed by atoms with Crippen LogP contribution in [0.15, 0.2) is 18.2 Å². The minimum Gasteiger partial charge on any atom is -0.490 e. The third-order valence-corrected chi connectivity index (χ3v) is 7.06. The van der Waals surface area contributed by atoms with Crippen molar-refractivity contribution in [2.45, 2.75) is 51.0 Å². The molecular formula is C22H28N4O3. The van der Waals surface area contributed by atoms with Gasteiger partial charge in [-0.1, -0.05) is 6.92 Å². The Kier molecular flexibility index (Phi) is 4.38. The van der Waals surface area contributed by atoms with Crippen LogP contribution in [0.3, 0.4) is 0 Å². The first-order valence-electron chi connectivity index (χ1n) is 10.6. The van der Waals surface area contributed by atoms with Gasteiger partial charge >= 0.3 is 0 Å².